The fourth-order valence-electron chi connectivity index (χ4n) is 1.52. The van der Waals surface area contributed by atoms with E-state index in [0.29, 0.717) is 13.0 Å². The highest BCUT2D eigenvalue weighted by atomic mass is 35.6. The molecule has 1 unspecified atom stereocenters. The van der Waals surface area contributed by atoms with Crippen LogP contribution >= 0.6 is 34.8 Å². The van der Waals surface area contributed by atoms with E-state index in [1.165, 1.54) is 0 Å². The Labute approximate surface area is 128 Å². The molecule has 0 saturated heterocycles. The molecule has 0 aliphatic heterocycles. The molecule has 0 spiro atoms. The number of carbonyl (C=O) groups excluding carboxylic acids is 1. The summed E-state index contributed by atoms with van der Waals surface area (Å²) in [6.07, 6.45) is 0.429. The van der Waals surface area contributed by atoms with Gasteiger partial charge in [0.25, 0.3) is 0 Å². The van der Waals surface area contributed by atoms with Crippen molar-refractivity contribution >= 4 is 40.7 Å². The topological polar surface area (TPSA) is 41.1 Å². The van der Waals surface area contributed by atoms with Gasteiger partial charge in [0, 0.05) is 13.0 Å². The number of carbonyl (C=O) groups is 1. The van der Waals surface area contributed by atoms with E-state index < -0.39 is 9.96 Å². The monoisotopic (exact) mass is 322 g/mol. The highest BCUT2D eigenvalue weighted by Gasteiger charge is 2.33. The minimum Gasteiger partial charge on any atom is -0.337 e. The first kappa shape index (κ1) is 16.6. The van der Waals surface area contributed by atoms with E-state index in [0.717, 1.165) is 12.0 Å². The lowest BCUT2D eigenvalue weighted by atomic mass is 10.2. The molecule has 1 aromatic carbocycles. The third-order valence-electron chi connectivity index (χ3n) is 2.46. The molecule has 19 heavy (non-hydrogen) atoms. The first-order valence-electron chi connectivity index (χ1n) is 6.07. The first-order chi connectivity index (χ1) is 8.93. The zero-order valence-electron chi connectivity index (χ0n) is 10.6. The molecule has 0 heterocycles. The van der Waals surface area contributed by atoms with Crippen molar-refractivity contribution in [1.82, 2.24) is 10.6 Å². The van der Waals surface area contributed by atoms with Gasteiger partial charge in [-0.15, -0.1) is 0 Å². The number of amides is 1. The smallest absolute Gasteiger partial charge is 0.223 e. The molecule has 1 rings (SSSR count). The summed E-state index contributed by atoms with van der Waals surface area (Å²) in [7, 11) is 0. The second kappa shape index (κ2) is 7.95. The fraction of sp³-hybridized carbons (Fsp3) is 0.462. The predicted octanol–water partition coefficient (Wildman–Crippen LogP) is 3.39. The SMILES string of the molecule is CCCC(=O)NC(NCc1ccccc1)C(Cl)(Cl)Cl. The molecular weight excluding hydrogens is 307 g/mol. The molecule has 1 amide bonds. The van der Waals surface area contributed by atoms with Gasteiger partial charge in [-0.25, -0.2) is 0 Å². The maximum Gasteiger partial charge on any atom is 0.223 e. The number of halogens is 3. The number of nitrogens with one attached hydrogen (secondary N) is 2. The first-order valence-corrected chi connectivity index (χ1v) is 7.20. The molecular formula is C13H17Cl3N2O. The Bertz CT molecular complexity index is 393. The fourth-order valence-corrected chi connectivity index (χ4v) is 1.92. The Morgan fingerprint density at radius 2 is 1.89 bits per heavy atom. The zero-order chi connectivity index (χ0) is 14.3. The number of rotatable bonds is 6. The standard InChI is InChI=1S/C13H17Cl3N2O/c1-2-6-11(19)18-12(13(14,15)16)17-9-10-7-4-3-5-8-10/h3-5,7-8,12,17H,2,6,9H2,1H3,(H,18,19). The highest BCUT2D eigenvalue weighted by molar-refractivity contribution is 6.68. The third-order valence-corrected chi connectivity index (χ3v) is 3.12. The number of benzene rings is 1. The van der Waals surface area contributed by atoms with Crippen molar-refractivity contribution in [2.75, 3.05) is 0 Å². The van der Waals surface area contributed by atoms with Crippen LogP contribution in [0.5, 0.6) is 0 Å². The molecule has 0 saturated carbocycles. The van der Waals surface area contributed by atoms with Crippen LogP contribution in [0.2, 0.25) is 0 Å². The molecule has 1 aromatic rings. The molecule has 106 valence electrons. The van der Waals surface area contributed by atoms with Crippen LogP contribution in [0, 0.1) is 0 Å². The van der Waals surface area contributed by atoms with E-state index in [9.17, 15) is 4.79 Å². The van der Waals surface area contributed by atoms with E-state index >= 15 is 0 Å². The Kier molecular flexibility index (Phi) is 6.94. The number of hydrogen-bond acceptors (Lipinski definition) is 2. The summed E-state index contributed by atoms with van der Waals surface area (Å²) >= 11 is 17.6. The van der Waals surface area contributed by atoms with Gasteiger partial charge in [-0.3, -0.25) is 10.1 Å². The largest absolute Gasteiger partial charge is 0.337 e. The molecule has 0 aliphatic rings. The van der Waals surface area contributed by atoms with Gasteiger partial charge in [0.15, 0.2) is 0 Å². The van der Waals surface area contributed by atoms with Crippen LogP contribution in [0.3, 0.4) is 0 Å². The molecule has 6 heteroatoms. The van der Waals surface area contributed by atoms with Crippen LogP contribution in [0.25, 0.3) is 0 Å². The minimum atomic E-state index is -1.60. The van der Waals surface area contributed by atoms with Gasteiger partial charge in [-0.2, -0.15) is 0 Å². The maximum absolute atomic E-state index is 11.6. The average Bonchev–Trinajstić information content (AvgIpc) is 2.34. The van der Waals surface area contributed by atoms with Gasteiger partial charge >= 0.3 is 0 Å². The zero-order valence-corrected chi connectivity index (χ0v) is 12.9. The lowest BCUT2D eigenvalue weighted by Crippen LogP contribution is -2.53. The van der Waals surface area contributed by atoms with Crippen LogP contribution < -0.4 is 10.6 Å². The molecule has 0 aromatic heterocycles. The molecule has 1 atom stereocenters. The summed E-state index contributed by atoms with van der Waals surface area (Å²) < 4.78 is -1.60. The molecule has 2 N–H and O–H groups in total. The number of alkyl halides is 3. The van der Waals surface area contributed by atoms with E-state index in [1.807, 2.05) is 37.3 Å². The summed E-state index contributed by atoms with van der Waals surface area (Å²) in [6.45, 7) is 2.42. The van der Waals surface area contributed by atoms with Crippen molar-refractivity contribution in [3.05, 3.63) is 35.9 Å². The summed E-state index contributed by atoms with van der Waals surface area (Å²) in [5.41, 5.74) is 1.05. The van der Waals surface area contributed by atoms with Crippen molar-refractivity contribution in [1.29, 1.82) is 0 Å². The van der Waals surface area contributed by atoms with Gasteiger partial charge in [0.1, 0.15) is 6.17 Å². The Hall–Kier alpha value is -0.480. The molecule has 0 radical (unpaired) electrons. The van der Waals surface area contributed by atoms with Crippen LogP contribution in [-0.2, 0) is 11.3 Å². The minimum absolute atomic E-state index is 0.139. The van der Waals surface area contributed by atoms with E-state index in [1.54, 1.807) is 0 Å². The van der Waals surface area contributed by atoms with Gasteiger partial charge in [0.05, 0.1) is 0 Å². The predicted molar refractivity (Wildman–Crippen MR) is 80.4 cm³/mol. The van der Waals surface area contributed by atoms with Crippen molar-refractivity contribution in [3.63, 3.8) is 0 Å². The molecule has 0 aliphatic carbocycles. The summed E-state index contributed by atoms with van der Waals surface area (Å²) in [5, 5.41) is 5.72. The van der Waals surface area contributed by atoms with Crippen molar-refractivity contribution in [2.45, 2.75) is 36.3 Å². The van der Waals surface area contributed by atoms with Gasteiger partial charge in [0.2, 0.25) is 9.70 Å². The Balaban J connectivity index is 2.58. The van der Waals surface area contributed by atoms with Crippen LogP contribution in [-0.4, -0.2) is 15.9 Å². The van der Waals surface area contributed by atoms with E-state index in [4.69, 9.17) is 34.8 Å². The van der Waals surface area contributed by atoms with E-state index in [-0.39, 0.29) is 5.91 Å². The van der Waals surface area contributed by atoms with Crippen LogP contribution in [0.4, 0.5) is 0 Å². The maximum atomic E-state index is 11.6. The van der Waals surface area contributed by atoms with Gasteiger partial charge in [-0.1, -0.05) is 72.1 Å². The molecule has 3 nitrogen and oxygen atoms in total. The number of hydrogen-bond donors (Lipinski definition) is 2. The molecule has 0 fully saturated rings. The van der Waals surface area contributed by atoms with E-state index in [2.05, 4.69) is 10.6 Å². The van der Waals surface area contributed by atoms with Gasteiger partial charge < -0.3 is 5.32 Å². The summed E-state index contributed by atoms with van der Waals surface area (Å²) in [5.74, 6) is -0.139. The Morgan fingerprint density at radius 1 is 1.26 bits per heavy atom. The second-order valence-electron chi connectivity index (χ2n) is 4.16. The lowest BCUT2D eigenvalue weighted by Gasteiger charge is -2.26. The summed E-state index contributed by atoms with van der Waals surface area (Å²) in [4.78, 5) is 11.6. The normalized spacial score (nSPS) is 13.1. The quantitative estimate of drug-likeness (QED) is 0.622. The average molecular weight is 324 g/mol. The summed E-state index contributed by atoms with van der Waals surface area (Å²) in [6, 6.07) is 9.69. The van der Waals surface area contributed by atoms with Crippen LogP contribution in [0.1, 0.15) is 25.3 Å². The van der Waals surface area contributed by atoms with Gasteiger partial charge in [-0.05, 0) is 12.0 Å². The van der Waals surface area contributed by atoms with Crippen molar-refractivity contribution in [2.24, 2.45) is 0 Å². The lowest BCUT2D eigenvalue weighted by molar-refractivity contribution is -0.122. The van der Waals surface area contributed by atoms with Crippen LogP contribution in [0.15, 0.2) is 30.3 Å². The highest BCUT2D eigenvalue weighted by Crippen LogP contribution is 2.29. The Morgan fingerprint density at radius 3 is 2.42 bits per heavy atom. The second-order valence-corrected chi connectivity index (χ2v) is 6.53. The van der Waals surface area contributed by atoms with Crippen molar-refractivity contribution < 1.29 is 4.79 Å². The molecule has 0 bridgehead atoms. The third kappa shape index (κ3) is 6.48. The van der Waals surface area contributed by atoms with Crippen molar-refractivity contribution in [3.8, 4) is 0 Å².